The van der Waals surface area contributed by atoms with Crippen LogP contribution in [-0.4, -0.2) is 45.6 Å². The molecule has 6 nitrogen and oxygen atoms in total. The zero-order valence-electron chi connectivity index (χ0n) is 15.2. The Kier molecular flexibility index (Phi) is 5.79. The molecule has 2 heterocycles. The summed E-state index contributed by atoms with van der Waals surface area (Å²) >= 11 is 5.88. The number of halogens is 2. The molecule has 1 atom stereocenters. The summed E-state index contributed by atoms with van der Waals surface area (Å²) < 4.78 is 24.5. The summed E-state index contributed by atoms with van der Waals surface area (Å²) in [7, 11) is 0. The van der Waals surface area contributed by atoms with Crippen LogP contribution >= 0.6 is 11.6 Å². The number of hydrogen-bond acceptors (Lipinski definition) is 5. The van der Waals surface area contributed by atoms with Gasteiger partial charge in [0.25, 0.3) is 5.91 Å². The van der Waals surface area contributed by atoms with Crippen molar-refractivity contribution in [2.24, 2.45) is 0 Å². The summed E-state index contributed by atoms with van der Waals surface area (Å²) in [5.41, 5.74) is -1.04. The van der Waals surface area contributed by atoms with Gasteiger partial charge in [-0.15, -0.1) is 0 Å². The predicted molar refractivity (Wildman–Crippen MR) is 98.4 cm³/mol. The average Bonchev–Trinajstić information content (AvgIpc) is 2.65. The van der Waals surface area contributed by atoms with Crippen LogP contribution in [0.15, 0.2) is 36.7 Å². The highest BCUT2D eigenvalue weighted by Crippen LogP contribution is 2.24. The van der Waals surface area contributed by atoms with Crippen LogP contribution in [0.3, 0.4) is 0 Å². The first-order chi connectivity index (χ1) is 12.8. The second-order valence-electron chi connectivity index (χ2n) is 6.88. The van der Waals surface area contributed by atoms with Gasteiger partial charge in [0.2, 0.25) is 0 Å². The second-order valence-corrected chi connectivity index (χ2v) is 7.32. The normalized spacial score (nSPS) is 17.5. The Morgan fingerprint density at radius 3 is 2.59 bits per heavy atom. The Morgan fingerprint density at radius 1 is 1.26 bits per heavy atom. The molecule has 0 saturated carbocycles. The molecule has 1 aromatic carbocycles. The summed E-state index contributed by atoms with van der Waals surface area (Å²) in [6.07, 6.45) is 3.41. The fourth-order valence-electron chi connectivity index (χ4n) is 2.95. The van der Waals surface area contributed by atoms with Gasteiger partial charge < -0.3 is 14.4 Å². The lowest BCUT2D eigenvalue weighted by molar-refractivity contribution is -0.148. The van der Waals surface area contributed by atoms with Crippen LogP contribution in [-0.2, 0) is 4.79 Å². The SMILES string of the molecule is CC(C)(Oc1ccc(Cl)cc1)C(=O)N1CCCC(Oc2ncc(F)cn2)C1. The lowest BCUT2D eigenvalue weighted by atomic mass is 10.0. The number of nitrogens with zero attached hydrogens (tertiary/aromatic N) is 3. The van der Waals surface area contributed by atoms with E-state index in [2.05, 4.69) is 9.97 Å². The molecule has 0 aliphatic carbocycles. The quantitative estimate of drug-likeness (QED) is 0.778. The van der Waals surface area contributed by atoms with E-state index in [0.717, 1.165) is 25.2 Å². The van der Waals surface area contributed by atoms with Crippen molar-refractivity contribution >= 4 is 17.5 Å². The van der Waals surface area contributed by atoms with Crippen molar-refractivity contribution in [2.75, 3.05) is 13.1 Å². The molecule has 1 aliphatic rings. The first-order valence-corrected chi connectivity index (χ1v) is 9.09. The van der Waals surface area contributed by atoms with Gasteiger partial charge in [-0.25, -0.2) is 14.4 Å². The lowest BCUT2D eigenvalue weighted by Crippen LogP contribution is -2.53. The van der Waals surface area contributed by atoms with E-state index in [9.17, 15) is 9.18 Å². The zero-order chi connectivity index (χ0) is 19.4. The standard InChI is InChI=1S/C19H21ClFN3O3/c1-19(2,27-15-7-5-13(20)6-8-15)17(25)24-9-3-4-16(12-24)26-18-22-10-14(21)11-23-18/h5-8,10-11,16H,3-4,9,12H2,1-2H3. The molecule has 1 unspecified atom stereocenters. The van der Waals surface area contributed by atoms with Crippen LogP contribution in [0.25, 0.3) is 0 Å². The molecule has 3 rings (SSSR count). The molecule has 1 aliphatic heterocycles. The van der Waals surface area contributed by atoms with Gasteiger partial charge in [0.05, 0.1) is 18.9 Å². The molecule has 1 aromatic heterocycles. The molecule has 1 amide bonds. The number of rotatable bonds is 5. The van der Waals surface area contributed by atoms with Crippen molar-refractivity contribution in [1.82, 2.24) is 14.9 Å². The minimum Gasteiger partial charge on any atom is -0.478 e. The molecule has 27 heavy (non-hydrogen) atoms. The van der Waals surface area contributed by atoms with E-state index in [1.165, 1.54) is 0 Å². The zero-order valence-corrected chi connectivity index (χ0v) is 15.9. The van der Waals surface area contributed by atoms with Gasteiger partial charge in [0, 0.05) is 11.6 Å². The topological polar surface area (TPSA) is 64.5 Å². The molecule has 0 N–H and O–H groups in total. The first kappa shape index (κ1) is 19.4. The summed E-state index contributed by atoms with van der Waals surface area (Å²) in [6, 6.07) is 6.99. The van der Waals surface area contributed by atoms with E-state index in [1.54, 1.807) is 43.0 Å². The Morgan fingerprint density at radius 2 is 1.93 bits per heavy atom. The molecule has 144 valence electrons. The van der Waals surface area contributed by atoms with E-state index in [1.807, 2.05) is 0 Å². The number of likely N-dealkylation sites (tertiary alicyclic amines) is 1. The van der Waals surface area contributed by atoms with Crippen LogP contribution in [0.2, 0.25) is 5.02 Å². The third-order valence-corrected chi connectivity index (χ3v) is 4.49. The van der Waals surface area contributed by atoms with Crippen molar-refractivity contribution in [3.8, 4) is 11.8 Å². The van der Waals surface area contributed by atoms with Crippen LogP contribution in [0.4, 0.5) is 4.39 Å². The van der Waals surface area contributed by atoms with Gasteiger partial charge in [-0.2, -0.15) is 0 Å². The molecule has 0 spiro atoms. The third-order valence-electron chi connectivity index (χ3n) is 4.24. The van der Waals surface area contributed by atoms with Crippen LogP contribution < -0.4 is 9.47 Å². The van der Waals surface area contributed by atoms with Crippen LogP contribution in [0, 0.1) is 5.82 Å². The fourth-order valence-corrected chi connectivity index (χ4v) is 3.08. The second kappa shape index (κ2) is 8.08. The average molecular weight is 394 g/mol. The molecule has 2 aromatic rings. The molecule has 1 saturated heterocycles. The minimum absolute atomic E-state index is 0.104. The Balaban J connectivity index is 1.62. The Labute approximate surface area is 162 Å². The van der Waals surface area contributed by atoms with E-state index in [4.69, 9.17) is 21.1 Å². The van der Waals surface area contributed by atoms with Gasteiger partial charge in [-0.3, -0.25) is 4.79 Å². The van der Waals surface area contributed by atoms with Gasteiger partial charge >= 0.3 is 6.01 Å². The number of hydrogen-bond donors (Lipinski definition) is 0. The molecule has 1 fully saturated rings. The highest BCUT2D eigenvalue weighted by atomic mass is 35.5. The van der Waals surface area contributed by atoms with E-state index in [0.29, 0.717) is 23.9 Å². The molecular weight excluding hydrogens is 373 g/mol. The number of carbonyl (C=O) groups is 1. The highest BCUT2D eigenvalue weighted by Gasteiger charge is 2.37. The number of amides is 1. The van der Waals surface area contributed by atoms with E-state index >= 15 is 0 Å². The van der Waals surface area contributed by atoms with Gasteiger partial charge in [0.15, 0.2) is 11.4 Å². The van der Waals surface area contributed by atoms with Gasteiger partial charge in [-0.05, 0) is 51.0 Å². The third kappa shape index (κ3) is 5.07. The largest absolute Gasteiger partial charge is 0.478 e. The summed E-state index contributed by atoms with van der Waals surface area (Å²) in [6.45, 7) is 4.48. The molecular formula is C19H21ClFN3O3. The number of carbonyl (C=O) groups excluding carboxylic acids is 1. The summed E-state index contributed by atoms with van der Waals surface area (Å²) in [5, 5.41) is 0.602. The van der Waals surface area contributed by atoms with Crippen molar-refractivity contribution in [1.29, 1.82) is 0 Å². The van der Waals surface area contributed by atoms with Crippen molar-refractivity contribution < 1.29 is 18.7 Å². The molecule has 0 bridgehead atoms. The maximum absolute atomic E-state index is 13.0. The molecule has 0 radical (unpaired) electrons. The number of ether oxygens (including phenoxy) is 2. The van der Waals surface area contributed by atoms with Gasteiger partial charge in [-0.1, -0.05) is 11.6 Å². The maximum atomic E-state index is 13.0. The van der Waals surface area contributed by atoms with Crippen molar-refractivity contribution in [3.05, 3.63) is 47.5 Å². The Bertz CT molecular complexity index is 784. The Hall–Kier alpha value is -2.41. The number of aromatic nitrogens is 2. The summed E-state index contributed by atoms with van der Waals surface area (Å²) in [4.78, 5) is 22.3. The summed E-state index contributed by atoms with van der Waals surface area (Å²) in [5.74, 6) is -0.0862. The first-order valence-electron chi connectivity index (χ1n) is 8.72. The highest BCUT2D eigenvalue weighted by molar-refractivity contribution is 6.30. The van der Waals surface area contributed by atoms with Crippen LogP contribution in [0.5, 0.6) is 11.8 Å². The smallest absolute Gasteiger partial charge is 0.316 e. The monoisotopic (exact) mass is 393 g/mol. The van der Waals surface area contributed by atoms with Gasteiger partial charge in [0.1, 0.15) is 11.9 Å². The minimum atomic E-state index is -1.04. The van der Waals surface area contributed by atoms with Crippen molar-refractivity contribution in [3.63, 3.8) is 0 Å². The van der Waals surface area contributed by atoms with Crippen molar-refractivity contribution in [2.45, 2.75) is 38.4 Å². The fraction of sp³-hybridized carbons (Fsp3) is 0.421. The maximum Gasteiger partial charge on any atom is 0.316 e. The molecule has 8 heteroatoms. The van der Waals surface area contributed by atoms with Crippen LogP contribution in [0.1, 0.15) is 26.7 Å². The lowest BCUT2D eigenvalue weighted by Gasteiger charge is -2.37. The van der Waals surface area contributed by atoms with E-state index in [-0.39, 0.29) is 18.0 Å². The predicted octanol–water partition coefficient (Wildman–Crippen LogP) is 3.50. The number of piperidine rings is 1. The van der Waals surface area contributed by atoms with E-state index < -0.39 is 11.4 Å². The number of benzene rings is 1.